The van der Waals surface area contributed by atoms with Gasteiger partial charge < -0.3 is 21.4 Å². The lowest BCUT2D eigenvalue weighted by molar-refractivity contribution is 0.318. The molecule has 1 rings (SSSR count). The minimum atomic E-state index is -0.0239. The first-order chi connectivity index (χ1) is 6.20. The van der Waals surface area contributed by atoms with Gasteiger partial charge in [0.2, 0.25) is 0 Å². The van der Waals surface area contributed by atoms with E-state index in [4.69, 9.17) is 21.4 Å². The Morgan fingerprint density at radius 1 is 1.54 bits per heavy atom. The van der Waals surface area contributed by atoms with E-state index in [1.807, 2.05) is 0 Å². The van der Waals surface area contributed by atoms with Crippen molar-refractivity contribution in [1.82, 2.24) is 0 Å². The van der Waals surface area contributed by atoms with Crippen molar-refractivity contribution in [3.05, 3.63) is 23.8 Å². The molecule has 0 bridgehead atoms. The van der Waals surface area contributed by atoms with Gasteiger partial charge in [-0.15, -0.1) is 0 Å². The third kappa shape index (κ3) is 1.64. The molecule has 0 aliphatic rings. The van der Waals surface area contributed by atoms with E-state index in [1.54, 1.807) is 18.2 Å². The van der Waals surface area contributed by atoms with E-state index in [9.17, 15) is 0 Å². The van der Waals surface area contributed by atoms with Crippen LogP contribution < -0.4 is 16.2 Å². The first-order valence-corrected chi connectivity index (χ1v) is 3.61. The highest BCUT2D eigenvalue weighted by Gasteiger charge is 2.09. The quantitative estimate of drug-likeness (QED) is 0.202. The minimum Gasteiger partial charge on any atom is -0.494 e. The number of para-hydroxylation sites is 1. The maximum Gasteiger partial charge on any atom is 0.173 e. The maximum absolute atomic E-state index is 8.47. The molecule has 0 saturated heterocycles. The Morgan fingerprint density at radius 3 is 2.77 bits per heavy atom. The molecule has 0 amide bonds. The Balaban J connectivity index is 3.28. The molecule has 70 valence electrons. The van der Waals surface area contributed by atoms with Crippen LogP contribution in [0.4, 0.5) is 5.69 Å². The summed E-state index contributed by atoms with van der Waals surface area (Å²) in [5.41, 5.74) is 11.9. The molecule has 1 aromatic carbocycles. The third-order valence-electron chi connectivity index (χ3n) is 1.63. The van der Waals surface area contributed by atoms with Crippen LogP contribution in [0.2, 0.25) is 0 Å². The van der Waals surface area contributed by atoms with Crippen molar-refractivity contribution < 1.29 is 9.94 Å². The van der Waals surface area contributed by atoms with E-state index in [1.165, 1.54) is 7.11 Å². The fraction of sp³-hybridized carbons (Fsp3) is 0.125. The zero-order chi connectivity index (χ0) is 9.84. The molecule has 0 heterocycles. The minimum absolute atomic E-state index is 0.0239. The van der Waals surface area contributed by atoms with Gasteiger partial charge >= 0.3 is 0 Å². The van der Waals surface area contributed by atoms with E-state index in [0.717, 1.165) is 0 Å². The Bertz CT molecular complexity index is 336. The van der Waals surface area contributed by atoms with Crippen LogP contribution in [0.5, 0.6) is 5.75 Å². The molecule has 5 N–H and O–H groups in total. The Morgan fingerprint density at radius 2 is 2.23 bits per heavy atom. The SMILES string of the molecule is COc1c(N)cccc1C(N)=NO. The van der Waals surface area contributed by atoms with Gasteiger partial charge in [-0.1, -0.05) is 11.2 Å². The van der Waals surface area contributed by atoms with Gasteiger partial charge in [0, 0.05) is 0 Å². The number of ether oxygens (including phenoxy) is 1. The summed E-state index contributed by atoms with van der Waals surface area (Å²) in [6, 6.07) is 5.03. The first-order valence-electron chi connectivity index (χ1n) is 3.61. The van der Waals surface area contributed by atoms with Crippen LogP contribution in [0.1, 0.15) is 5.56 Å². The Hall–Kier alpha value is -1.91. The van der Waals surface area contributed by atoms with Gasteiger partial charge in [0.1, 0.15) is 0 Å². The van der Waals surface area contributed by atoms with Crippen molar-refractivity contribution in [1.29, 1.82) is 0 Å². The average Bonchev–Trinajstić information content (AvgIpc) is 2.16. The second-order valence-electron chi connectivity index (χ2n) is 2.41. The van der Waals surface area contributed by atoms with Gasteiger partial charge in [-0.25, -0.2) is 0 Å². The molecular formula is C8H11N3O2. The predicted octanol–water partition coefficient (Wildman–Crippen LogP) is 0.372. The number of hydrogen-bond donors (Lipinski definition) is 3. The van der Waals surface area contributed by atoms with Crippen molar-refractivity contribution in [2.24, 2.45) is 10.9 Å². The maximum atomic E-state index is 8.47. The molecule has 0 radical (unpaired) electrons. The van der Waals surface area contributed by atoms with Crippen molar-refractivity contribution in [2.75, 3.05) is 12.8 Å². The number of benzene rings is 1. The number of methoxy groups -OCH3 is 1. The highest BCUT2D eigenvalue weighted by molar-refractivity contribution is 6.01. The van der Waals surface area contributed by atoms with Crippen LogP contribution in [0.15, 0.2) is 23.4 Å². The zero-order valence-electron chi connectivity index (χ0n) is 7.19. The highest BCUT2D eigenvalue weighted by Crippen LogP contribution is 2.25. The molecule has 0 spiro atoms. The average molecular weight is 181 g/mol. The van der Waals surface area contributed by atoms with E-state index in [0.29, 0.717) is 17.0 Å². The number of nitrogen functional groups attached to an aromatic ring is 1. The summed E-state index contributed by atoms with van der Waals surface area (Å²) in [7, 11) is 1.47. The summed E-state index contributed by atoms with van der Waals surface area (Å²) in [6.07, 6.45) is 0. The largest absolute Gasteiger partial charge is 0.494 e. The van der Waals surface area contributed by atoms with Crippen LogP contribution in [-0.2, 0) is 0 Å². The monoisotopic (exact) mass is 181 g/mol. The molecular weight excluding hydrogens is 170 g/mol. The third-order valence-corrected chi connectivity index (χ3v) is 1.63. The molecule has 5 nitrogen and oxygen atoms in total. The topological polar surface area (TPSA) is 93.9 Å². The van der Waals surface area contributed by atoms with Gasteiger partial charge in [0.15, 0.2) is 11.6 Å². The summed E-state index contributed by atoms with van der Waals surface area (Å²) in [5, 5.41) is 11.3. The molecule has 0 saturated carbocycles. The second-order valence-corrected chi connectivity index (χ2v) is 2.41. The molecule has 0 fully saturated rings. The lowest BCUT2D eigenvalue weighted by atomic mass is 10.1. The van der Waals surface area contributed by atoms with E-state index in [-0.39, 0.29) is 5.84 Å². The number of rotatable bonds is 2. The molecule has 1 aromatic rings. The standard InChI is InChI=1S/C8H11N3O2/c1-13-7-5(8(10)11-12)3-2-4-6(7)9/h2-4,12H,9H2,1H3,(H2,10,11). The fourth-order valence-corrected chi connectivity index (χ4v) is 1.04. The van der Waals surface area contributed by atoms with Gasteiger partial charge in [-0.2, -0.15) is 0 Å². The number of amidine groups is 1. The van der Waals surface area contributed by atoms with Gasteiger partial charge in [-0.05, 0) is 12.1 Å². The van der Waals surface area contributed by atoms with Gasteiger partial charge in [0.25, 0.3) is 0 Å². The summed E-state index contributed by atoms with van der Waals surface area (Å²) < 4.78 is 5.00. The summed E-state index contributed by atoms with van der Waals surface area (Å²) in [6.45, 7) is 0. The summed E-state index contributed by atoms with van der Waals surface area (Å²) in [4.78, 5) is 0. The molecule has 0 atom stereocenters. The van der Waals surface area contributed by atoms with Crippen LogP contribution in [-0.4, -0.2) is 18.2 Å². The smallest absolute Gasteiger partial charge is 0.173 e. The van der Waals surface area contributed by atoms with Crippen molar-refractivity contribution >= 4 is 11.5 Å². The Labute approximate surface area is 75.6 Å². The lowest BCUT2D eigenvalue weighted by Crippen LogP contribution is -2.15. The predicted molar refractivity (Wildman–Crippen MR) is 49.9 cm³/mol. The Kier molecular flexibility index (Phi) is 2.59. The molecule has 0 aliphatic heterocycles. The van der Waals surface area contributed by atoms with Gasteiger partial charge in [0.05, 0.1) is 18.4 Å². The normalized spacial score (nSPS) is 11.3. The van der Waals surface area contributed by atoms with Crippen LogP contribution in [0, 0.1) is 0 Å². The van der Waals surface area contributed by atoms with Crippen molar-refractivity contribution in [2.45, 2.75) is 0 Å². The summed E-state index contributed by atoms with van der Waals surface area (Å²) >= 11 is 0. The lowest BCUT2D eigenvalue weighted by Gasteiger charge is -2.08. The van der Waals surface area contributed by atoms with Crippen LogP contribution in [0.25, 0.3) is 0 Å². The number of hydrogen-bond acceptors (Lipinski definition) is 4. The van der Waals surface area contributed by atoms with E-state index in [2.05, 4.69) is 5.16 Å². The zero-order valence-corrected chi connectivity index (χ0v) is 7.19. The number of anilines is 1. The summed E-state index contributed by atoms with van der Waals surface area (Å²) in [5.74, 6) is 0.391. The molecule has 0 aliphatic carbocycles. The molecule has 13 heavy (non-hydrogen) atoms. The highest BCUT2D eigenvalue weighted by atomic mass is 16.5. The number of nitrogens with two attached hydrogens (primary N) is 2. The fourth-order valence-electron chi connectivity index (χ4n) is 1.04. The number of nitrogens with zero attached hydrogens (tertiary/aromatic N) is 1. The van der Waals surface area contributed by atoms with Crippen molar-refractivity contribution in [3.8, 4) is 5.75 Å². The van der Waals surface area contributed by atoms with E-state index < -0.39 is 0 Å². The number of oxime groups is 1. The van der Waals surface area contributed by atoms with Crippen LogP contribution >= 0.6 is 0 Å². The molecule has 0 aromatic heterocycles. The second kappa shape index (κ2) is 3.66. The first kappa shape index (κ1) is 9.18. The molecule has 5 heteroatoms. The van der Waals surface area contributed by atoms with E-state index >= 15 is 0 Å². The van der Waals surface area contributed by atoms with Gasteiger partial charge in [-0.3, -0.25) is 0 Å². The van der Waals surface area contributed by atoms with Crippen molar-refractivity contribution in [3.63, 3.8) is 0 Å². The van der Waals surface area contributed by atoms with Crippen LogP contribution in [0.3, 0.4) is 0 Å². The molecule has 0 unspecified atom stereocenters.